The fourth-order valence-corrected chi connectivity index (χ4v) is 4.11. The van der Waals surface area contributed by atoms with Gasteiger partial charge >= 0.3 is 12.1 Å². The first-order valence-electron chi connectivity index (χ1n) is 10.5. The molecule has 0 bridgehead atoms. The van der Waals surface area contributed by atoms with E-state index in [-0.39, 0.29) is 5.95 Å². The van der Waals surface area contributed by atoms with Crippen LogP contribution in [0.25, 0.3) is 11.0 Å². The predicted molar refractivity (Wildman–Crippen MR) is 124 cm³/mol. The van der Waals surface area contributed by atoms with E-state index in [0.717, 1.165) is 24.9 Å². The lowest BCUT2D eigenvalue weighted by Gasteiger charge is -2.22. The maximum absolute atomic E-state index is 12.2. The highest BCUT2D eigenvalue weighted by Gasteiger charge is 2.18. The number of H-pyrrole nitrogens is 1. The summed E-state index contributed by atoms with van der Waals surface area (Å²) in [6.07, 6.45) is 2.01. The van der Waals surface area contributed by atoms with Crippen LogP contribution < -0.4 is 20.7 Å². The second-order valence-electron chi connectivity index (χ2n) is 7.77. The number of rotatable bonds is 5. The van der Waals surface area contributed by atoms with Crippen LogP contribution in [-0.4, -0.2) is 27.2 Å². The summed E-state index contributed by atoms with van der Waals surface area (Å²) in [5, 5.41) is 11.0. The molecule has 33 heavy (non-hydrogen) atoms. The van der Waals surface area contributed by atoms with Crippen LogP contribution in [0.2, 0.25) is 0 Å². The molecule has 166 valence electrons. The monoisotopic (exact) mass is 443 g/mol. The van der Waals surface area contributed by atoms with Crippen LogP contribution >= 0.6 is 0 Å². The van der Waals surface area contributed by atoms with E-state index in [4.69, 9.17) is 15.6 Å². The van der Waals surface area contributed by atoms with Gasteiger partial charge in [-0.25, -0.2) is 14.6 Å². The van der Waals surface area contributed by atoms with Gasteiger partial charge in [-0.2, -0.15) is 0 Å². The van der Waals surface area contributed by atoms with Crippen molar-refractivity contribution in [3.05, 3.63) is 71.8 Å². The van der Waals surface area contributed by atoms with Crippen molar-refractivity contribution in [2.24, 2.45) is 5.73 Å². The minimum atomic E-state index is -1.20. The van der Waals surface area contributed by atoms with Crippen molar-refractivity contribution in [2.75, 3.05) is 10.2 Å². The van der Waals surface area contributed by atoms with Gasteiger partial charge in [-0.3, -0.25) is 10.2 Å². The number of carbonyl (C=O) groups is 2. The number of aromatic nitrogens is 2. The topological polar surface area (TPSA) is 134 Å². The summed E-state index contributed by atoms with van der Waals surface area (Å²) in [6, 6.07) is 17.7. The number of aromatic amines is 1. The third-order valence-electron chi connectivity index (χ3n) is 5.57. The average Bonchev–Trinajstić information content (AvgIpc) is 3.40. The predicted octanol–water partition coefficient (Wildman–Crippen LogP) is 5.15. The first-order chi connectivity index (χ1) is 16.0. The summed E-state index contributed by atoms with van der Waals surface area (Å²) in [4.78, 5) is 31.5. The quantitative estimate of drug-likeness (QED) is 0.338. The molecule has 1 aliphatic rings. The Kier molecular flexibility index (Phi) is 5.06. The Hall–Kier alpha value is -4.53. The van der Waals surface area contributed by atoms with E-state index in [1.54, 1.807) is 42.5 Å². The number of primary amides is 1. The molecule has 3 aromatic carbocycles. The molecule has 5 rings (SSSR count). The summed E-state index contributed by atoms with van der Waals surface area (Å²) in [5.41, 5.74) is 10.9. The molecule has 1 heterocycles. The molecule has 5 N–H and O–H groups in total. The Bertz CT molecular complexity index is 1360. The van der Waals surface area contributed by atoms with Gasteiger partial charge in [-0.1, -0.05) is 6.07 Å². The Balaban J connectivity index is 1.36. The molecular weight excluding hydrogens is 422 g/mol. The van der Waals surface area contributed by atoms with Gasteiger partial charge in [0.2, 0.25) is 5.95 Å². The number of aryl methyl sites for hydroxylation is 2. The average molecular weight is 443 g/mol. The van der Waals surface area contributed by atoms with Gasteiger partial charge in [-0.15, -0.1) is 0 Å². The standard InChI is InChI=1S/C24H21N5O4/c25-22(30)29(17-5-4-14-2-1-3-15(14)12-17)16-6-8-18(9-7-16)33-19-10-11-20-21(13-19)27-23(26-20)28-24(31)32/h4-13H,1-3H2,(H2,25,30)(H,31,32)(H2,26,27,28). The number of nitrogens with two attached hydrogens (primary N) is 1. The smallest absolute Gasteiger partial charge is 0.411 e. The van der Waals surface area contributed by atoms with E-state index >= 15 is 0 Å². The molecule has 0 unspecified atom stereocenters. The highest BCUT2D eigenvalue weighted by Crippen LogP contribution is 2.33. The lowest BCUT2D eigenvalue weighted by Crippen LogP contribution is -2.31. The van der Waals surface area contributed by atoms with Gasteiger partial charge in [0, 0.05) is 6.07 Å². The lowest BCUT2D eigenvalue weighted by molar-refractivity contribution is 0.209. The van der Waals surface area contributed by atoms with Crippen molar-refractivity contribution in [1.29, 1.82) is 0 Å². The highest BCUT2D eigenvalue weighted by atomic mass is 16.5. The van der Waals surface area contributed by atoms with E-state index in [1.807, 2.05) is 12.1 Å². The number of imidazole rings is 1. The van der Waals surface area contributed by atoms with Gasteiger partial charge < -0.3 is 20.6 Å². The number of nitrogens with one attached hydrogen (secondary N) is 2. The third kappa shape index (κ3) is 4.16. The highest BCUT2D eigenvalue weighted by molar-refractivity contribution is 5.98. The van der Waals surface area contributed by atoms with Gasteiger partial charge in [0.25, 0.3) is 0 Å². The van der Waals surface area contributed by atoms with Gasteiger partial charge in [0.15, 0.2) is 0 Å². The number of carbonyl (C=O) groups excluding carboxylic acids is 1. The lowest BCUT2D eigenvalue weighted by atomic mass is 10.1. The Labute approximate surface area is 188 Å². The zero-order valence-corrected chi connectivity index (χ0v) is 17.5. The first-order valence-corrected chi connectivity index (χ1v) is 10.5. The fourth-order valence-electron chi connectivity index (χ4n) is 4.11. The van der Waals surface area contributed by atoms with E-state index in [9.17, 15) is 9.59 Å². The number of anilines is 3. The number of hydrogen-bond acceptors (Lipinski definition) is 4. The normalized spacial score (nSPS) is 12.4. The second kappa shape index (κ2) is 8.19. The van der Waals surface area contributed by atoms with Crippen LogP contribution in [-0.2, 0) is 12.8 Å². The number of carboxylic acid groups (broad SMARTS) is 1. The Morgan fingerprint density at radius 2 is 1.70 bits per heavy atom. The first kappa shape index (κ1) is 20.4. The van der Waals surface area contributed by atoms with Crippen LogP contribution in [0.3, 0.4) is 0 Å². The molecule has 0 aliphatic heterocycles. The van der Waals surface area contributed by atoms with Crippen molar-refractivity contribution >= 4 is 40.5 Å². The molecule has 0 atom stereocenters. The summed E-state index contributed by atoms with van der Waals surface area (Å²) >= 11 is 0. The van der Waals surface area contributed by atoms with E-state index < -0.39 is 12.1 Å². The number of fused-ring (bicyclic) bond motifs is 2. The van der Waals surface area contributed by atoms with Crippen LogP contribution in [0.15, 0.2) is 60.7 Å². The largest absolute Gasteiger partial charge is 0.465 e. The molecule has 0 fully saturated rings. The zero-order valence-electron chi connectivity index (χ0n) is 17.5. The summed E-state index contributed by atoms with van der Waals surface area (Å²) in [5.74, 6) is 1.25. The second-order valence-corrected chi connectivity index (χ2v) is 7.77. The molecule has 4 aromatic rings. The Morgan fingerprint density at radius 1 is 0.970 bits per heavy atom. The molecule has 1 aromatic heterocycles. The van der Waals surface area contributed by atoms with Gasteiger partial charge in [0.05, 0.1) is 22.4 Å². The van der Waals surface area contributed by atoms with Crippen molar-refractivity contribution < 1.29 is 19.4 Å². The number of amides is 3. The number of urea groups is 1. The molecule has 9 heteroatoms. The van der Waals surface area contributed by atoms with Gasteiger partial charge in [-0.05, 0) is 78.9 Å². The molecular formula is C24H21N5O4. The van der Waals surface area contributed by atoms with Crippen LogP contribution in [0.1, 0.15) is 17.5 Å². The van der Waals surface area contributed by atoms with E-state index in [1.165, 1.54) is 16.0 Å². The molecule has 1 aliphatic carbocycles. The fraction of sp³-hybridized carbons (Fsp3) is 0.125. The zero-order chi connectivity index (χ0) is 22.9. The molecule has 0 saturated carbocycles. The van der Waals surface area contributed by atoms with Crippen LogP contribution in [0, 0.1) is 0 Å². The van der Waals surface area contributed by atoms with E-state index in [0.29, 0.717) is 28.2 Å². The van der Waals surface area contributed by atoms with Crippen molar-refractivity contribution in [3.63, 3.8) is 0 Å². The molecule has 0 spiro atoms. The molecule has 0 saturated heterocycles. The minimum absolute atomic E-state index is 0.136. The number of hydrogen-bond donors (Lipinski definition) is 4. The maximum Gasteiger partial charge on any atom is 0.411 e. The minimum Gasteiger partial charge on any atom is -0.465 e. The number of ether oxygens (including phenoxy) is 1. The van der Waals surface area contributed by atoms with Crippen molar-refractivity contribution in [1.82, 2.24) is 9.97 Å². The summed E-state index contributed by atoms with van der Waals surface area (Å²) in [7, 11) is 0. The van der Waals surface area contributed by atoms with Crippen molar-refractivity contribution in [2.45, 2.75) is 19.3 Å². The van der Waals surface area contributed by atoms with Crippen LogP contribution in [0.4, 0.5) is 26.9 Å². The molecule has 9 nitrogen and oxygen atoms in total. The third-order valence-corrected chi connectivity index (χ3v) is 5.57. The molecule has 0 radical (unpaired) electrons. The van der Waals surface area contributed by atoms with E-state index in [2.05, 4.69) is 21.4 Å². The summed E-state index contributed by atoms with van der Waals surface area (Å²) in [6.45, 7) is 0. The number of benzene rings is 3. The van der Waals surface area contributed by atoms with Crippen molar-refractivity contribution in [3.8, 4) is 11.5 Å². The maximum atomic E-state index is 12.2. The number of nitrogens with zero attached hydrogens (tertiary/aromatic N) is 2. The van der Waals surface area contributed by atoms with Crippen LogP contribution in [0.5, 0.6) is 11.5 Å². The van der Waals surface area contributed by atoms with Gasteiger partial charge in [0.1, 0.15) is 11.5 Å². The SMILES string of the molecule is NC(=O)N(c1ccc(Oc2ccc3nc(NC(=O)O)[nH]c3c2)cc1)c1ccc2c(c1)CCC2. The summed E-state index contributed by atoms with van der Waals surface area (Å²) < 4.78 is 5.92. The Morgan fingerprint density at radius 3 is 2.45 bits per heavy atom. The molecule has 3 amide bonds.